The minimum Gasteiger partial charge on any atom is -0.422 e. The van der Waals surface area contributed by atoms with Crippen molar-refractivity contribution in [3.63, 3.8) is 0 Å². The lowest BCUT2D eigenvalue weighted by atomic mass is 10.1. The standard InChI is InChI=1S/C15H11BrO3/c1-10-3-2-4-11(7-10)15(18)19-14-6-5-13(16)8-12(14)9-17/h2-9H,1H3. The molecule has 0 unspecified atom stereocenters. The first-order valence-corrected chi connectivity index (χ1v) is 6.43. The fourth-order valence-corrected chi connectivity index (χ4v) is 2.01. The molecule has 0 aromatic heterocycles. The van der Waals surface area contributed by atoms with Gasteiger partial charge in [0.05, 0.1) is 11.1 Å². The molecule has 0 aliphatic rings. The van der Waals surface area contributed by atoms with Crippen molar-refractivity contribution < 1.29 is 14.3 Å². The van der Waals surface area contributed by atoms with Gasteiger partial charge in [-0.25, -0.2) is 4.79 Å². The highest BCUT2D eigenvalue weighted by Gasteiger charge is 2.11. The van der Waals surface area contributed by atoms with Crippen LogP contribution in [0.25, 0.3) is 0 Å². The quantitative estimate of drug-likeness (QED) is 0.491. The van der Waals surface area contributed by atoms with E-state index >= 15 is 0 Å². The zero-order valence-electron chi connectivity index (χ0n) is 10.2. The number of carbonyl (C=O) groups is 2. The van der Waals surface area contributed by atoms with Crippen LogP contribution in [0.5, 0.6) is 5.75 Å². The second-order valence-electron chi connectivity index (χ2n) is 4.06. The van der Waals surface area contributed by atoms with Crippen molar-refractivity contribution >= 4 is 28.2 Å². The van der Waals surface area contributed by atoms with Gasteiger partial charge in [0.25, 0.3) is 0 Å². The summed E-state index contributed by atoms with van der Waals surface area (Å²) in [7, 11) is 0. The second-order valence-corrected chi connectivity index (χ2v) is 4.97. The molecule has 0 saturated heterocycles. The van der Waals surface area contributed by atoms with E-state index < -0.39 is 5.97 Å². The lowest BCUT2D eigenvalue weighted by molar-refractivity contribution is 0.0733. The van der Waals surface area contributed by atoms with E-state index in [1.165, 1.54) is 0 Å². The van der Waals surface area contributed by atoms with E-state index in [4.69, 9.17) is 4.74 Å². The van der Waals surface area contributed by atoms with Crippen molar-refractivity contribution in [2.24, 2.45) is 0 Å². The van der Waals surface area contributed by atoms with Gasteiger partial charge in [0.1, 0.15) is 5.75 Å². The van der Waals surface area contributed by atoms with Crippen LogP contribution in [0, 0.1) is 6.92 Å². The maximum atomic E-state index is 12.0. The summed E-state index contributed by atoms with van der Waals surface area (Å²) in [6.07, 6.45) is 0.656. The Morgan fingerprint density at radius 3 is 2.68 bits per heavy atom. The van der Waals surface area contributed by atoms with Gasteiger partial charge in [0.15, 0.2) is 6.29 Å². The molecule has 2 aromatic rings. The Balaban J connectivity index is 2.26. The van der Waals surface area contributed by atoms with E-state index in [2.05, 4.69) is 15.9 Å². The number of halogens is 1. The maximum absolute atomic E-state index is 12.0. The zero-order valence-corrected chi connectivity index (χ0v) is 11.8. The number of ether oxygens (including phenoxy) is 1. The topological polar surface area (TPSA) is 43.4 Å². The molecule has 0 aliphatic carbocycles. The van der Waals surface area contributed by atoms with Crippen molar-refractivity contribution in [3.05, 3.63) is 63.6 Å². The van der Waals surface area contributed by atoms with Gasteiger partial charge in [-0.2, -0.15) is 0 Å². The van der Waals surface area contributed by atoms with Gasteiger partial charge in [0, 0.05) is 4.47 Å². The molecule has 0 saturated carbocycles. The Labute approximate surface area is 119 Å². The smallest absolute Gasteiger partial charge is 0.343 e. The number of esters is 1. The number of benzene rings is 2. The summed E-state index contributed by atoms with van der Waals surface area (Å²) in [6.45, 7) is 1.90. The molecule has 0 heterocycles. The van der Waals surface area contributed by atoms with E-state index in [9.17, 15) is 9.59 Å². The summed E-state index contributed by atoms with van der Waals surface area (Å²) in [4.78, 5) is 22.9. The molecule has 0 N–H and O–H groups in total. The highest BCUT2D eigenvalue weighted by molar-refractivity contribution is 9.10. The predicted molar refractivity (Wildman–Crippen MR) is 75.7 cm³/mol. The third kappa shape index (κ3) is 3.29. The normalized spacial score (nSPS) is 10.0. The van der Waals surface area contributed by atoms with E-state index in [1.807, 2.05) is 13.0 Å². The van der Waals surface area contributed by atoms with Crippen LogP contribution in [0.15, 0.2) is 46.9 Å². The number of hydrogen-bond donors (Lipinski definition) is 0. The van der Waals surface area contributed by atoms with Crippen LogP contribution in [0.1, 0.15) is 26.3 Å². The van der Waals surface area contributed by atoms with Gasteiger partial charge >= 0.3 is 5.97 Å². The highest BCUT2D eigenvalue weighted by atomic mass is 79.9. The molecule has 0 spiro atoms. The third-order valence-electron chi connectivity index (χ3n) is 2.56. The van der Waals surface area contributed by atoms with Gasteiger partial charge < -0.3 is 4.74 Å². The maximum Gasteiger partial charge on any atom is 0.343 e. The first kappa shape index (κ1) is 13.5. The number of hydrogen-bond acceptors (Lipinski definition) is 3. The number of rotatable bonds is 3. The third-order valence-corrected chi connectivity index (χ3v) is 3.05. The van der Waals surface area contributed by atoms with Crippen molar-refractivity contribution in [1.82, 2.24) is 0 Å². The molecule has 3 nitrogen and oxygen atoms in total. The van der Waals surface area contributed by atoms with Crippen molar-refractivity contribution in [1.29, 1.82) is 0 Å². The molecule has 0 aliphatic heterocycles. The molecule has 0 bridgehead atoms. The largest absolute Gasteiger partial charge is 0.422 e. The fraction of sp³-hybridized carbons (Fsp3) is 0.0667. The van der Waals surface area contributed by atoms with Crippen LogP contribution in [0.2, 0.25) is 0 Å². The van der Waals surface area contributed by atoms with E-state index in [0.717, 1.165) is 10.0 Å². The van der Waals surface area contributed by atoms with Crippen LogP contribution in [-0.2, 0) is 0 Å². The van der Waals surface area contributed by atoms with Crippen molar-refractivity contribution in [3.8, 4) is 5.75 Å². The van der Waals surface area contributed by atoms with Gasteiger partial charge in [0.2, 0.25) is 0 Å². The summed E-state index contributed by atoms with van der Waals surface area (Å²) in [5, 5.41) is 0. The van der Waals surface area contributed by atoms with Crippen LogP contribution in [0.3, 0.4) is 0 Å². The van der Waals surface area contributed by atoms with Crippen LogP contribution in [-0.4, -0.2) is 12.3 Å². The van der Waals surface area contributed by atoms with Gasteiger partial charge in [-0.05, 0) is 37.3 Å². The molecule has 2 aromatic carbocycles. The summed E-state index contributed by atoms with van der Waals surface area (Å²) in [5.41, 5.74) is 1.76. The lowest BCUT2D eigenvalue weighted by Gasteiger charge is -2.07. The van der Waals surface area contributed by atoms with Crippen LogP contribution in [0.4, 0.5) is 0 Å². The molecular weight excluding hydrogens is 308 g/mol. The van der Waals surface area contributed by atoms with Crippen LogP contribution < -0.4 is 4.74 Å². The molecule has 0 amide bonds. The van der Waals surface area contributed by atoms with Gasteiger partial charge in [-0.15, -0.1) is 0 Å². The van der Waals surface area contributed by atoms with E-state index in [-0.39, 0.29) is 5.75 Å². The van der Waals surface area contributed by atoms with Crippen LogP contribution >= 0.6 is 15.9 Å². The fourth-order valence-electron chi connectivity index (χ4n) is 1.64. The van der Waals surface area contributed by atoms with Gasteiger partial charge in [-0.1, -0.05) is 33.6 Å². The number of aryl methyl sites for hydroxylation is 1. The van der Waals surface area contributed by atoms with Crippen molar-refractivity contribution in [2.75, 3.05) is 0 Å². The second kappa shape index (κ2) is 5.80. The van der Waals surface area contributed by atoms with Crippen molar-refractivity contribution in [2.45, 2.75) is 6.92 Å². The first-order valence-electron chi connectivity index (χ1n) is 5.64. The number of aldehydes is 1. The Hall–Kier alpha value is -1.94. The molecule has 4 heteroatoms. The minimum absolute atomic E-state index is 0.254. The van der Waals surface area contributed by atoms with Gasteiger partial charge in [-0.3, -0.25) is 4.79 Å². The lowest BCUT2D eigenvalue weighted by Crippen LogP contribution is -2.09. The molecule has 2 rings (SSSR count). The van der Waals surface area contributed by atoms with E-state index in [0.29, 0.717) is 17.4 Å². The van der Waals surface area contributed by atoms with E-state index in [1.54, 1.807) is 36.4 Å². The molecule has 96 valence electrons. The molecule has 0 atom stereocenters. The summed E-state index contributed by atoms with van der Waals surface area (Å²) in [5.74, 6) is -0.223. The average Bonchev–Trinajstić information content (AvgIpc) is 2.40. The molecule has 19 heavy (non-hydrogen) atoms. The summed E-state index contributed by atoms with van der Waals surface area (Å²) >= 11 is 3.26. The minimum atomic E-state index is -0.478. The zero-order chi connectivity index (χ0) is 13.8. The Morgan fingerprint density at radius 1 is 1.21 bits per heavy atom. The first-order chi connectivity index (χ1) is 9.10. The number of carbonyl (C=O) groups excluding carboxylic acids is 2. The average molecular weight is 319 g/mol. The Kier molecular flexibility index (Phi) is 4.12. The monoisotopic (exact) mass is 318 g/mol. The molecular formula is C15H11BrO3. The SMILES string of the molecule is Cc1cccc(C(=O)Oc2ccc(Br)cc2C=O)c1. The molecule has 0 radical (unpaired) electrons. The predicted octanol–water partition coefficient (Wildman–Crippen LogP) is 3.79. The Morgan fingerprint density at radius 2 is 2.00 bits per heavy atom. The highest BCUT2D eigenvalue weighted by Crippen LogP contribution is 2.22. The molecule has 0 fully saturated rings. The Bertz CT molecular complexity index is 635. The summed E-state index contributed by atoms with van der Waals surface area (Å²) < 4.78 is 6.00. The summed E-state index contributed by atoms with van der Waals surface area (Å²) in [6, 6.07) is 12.0.